The number of aromatic nitrogens is 4. The molecule has 1 aromatic heterocycles. The number of hydrogen-bond donors (Lipinski definition) is 2. The van der Waals surface area contributed by atoms with Gasteiger partial charge in [0.25, 0.3) is 5.91 Å². The van der Waals surface area contributed by atoms with Gasteiger partial charge in [0.05, 0.1) is 0 Å². The molecule has 0 aliphatic rings. The first-order valence-electron chi connectivity index (χ1n) is 8.78. The fraction of sp³-hybridized carbons (Fsp3) is 0.333. The van der Waals surface area contributed by atoms with E-state index in [2.05, 4.69) is 26.2 Å². The number of unbranched alkanes of at least 4 members (excludes halogenated alkanes) is 1. The molecule has 0 spiro atoms. The highest BCUT2D eigenvalue weighted by atomic mass is 16.5. The number of aryl methyl sites for hydroxylation is 1. The molecule has 10 nitrogen and oxygen atoms in total. The number of amides is 3. The smallest absolute Gasteiger partial charge is 0.357 e. The van der Waals surface area contributed by atoms with Gasteiger partial charge in [0.2, 0.25) is 0 Å². The minimum Gasteiger partial charge on any atom is -0.451 e. The topological polar surface area (TPSA) is 128 Å². The predicted octanol–water partition coefficient (Wildman–Crippen LogP) is 1.15. The van der Waals surface area contributed by atoms with Crippen LogP contribution in [0.2, 0.25) is 0 Å². The summed E-state index contributed by atoms with van der Waals surface area (Å²) < 4.78 is 6.24. The van der Waals surface area contributed by atoms with Gasteiger partial charge in [-0.15, -0.1) is 5.10 Å². The lowest BCUT2D eigenvalue weighted by Gasteiger charge is -2.09. The van der Waals surface area contributed by atoms with E-state index in [1.165, 1.54) is 4.68 Å². The summed E-state index contributed by atoms with van der Waals surface area (Å²) in [5, 5.41) is 15.7. The Hall–Kier alpha value is -3.56. The molecular formula is C18H22N6O4. The van der Waals surface area contributed by atoms with E-state index < -0.39 is 24.5 Å². The third-order valence-electron chi connectivity index (χ3n) is 3.57. The van der Waals surface area contributed by atoms with Crippen LogP contribution in [-0.4, -0.2) is 51.3 Å². The van der Waals surface area contributed by atoms with Crippen LogP contribution < -0.4 is 10.6 Å². The standard InChI is InChI=1S/C18H22N6O4/c1-3-4-10-19-18(27)20-16(25)12-28-17(26)15(24-13(2)21-22-23-24)11-14-8-6-5-7-9-14/h5-9,11H,3-4,10,12H2,1-2H3,(H2,19,20,25,27)/b15-11-. The average Bonchev–Trinajstić information content (AvgIpc) is 3.11. The molecule has 0 bridgehead atoms. The van der Waals surface area contributed by atoms with E-state index in [0.29, 0.717) is 12.4 Å². The summed E-state index contributed by atoms with van der Waals surface area (Å²) in [6.07, 6.45) is 3.26. The molecule has 0 radical (unpaired) electrons. The number of hydrogen-bond acceptors (Lipinski definition) is 7. The highest BCUT2D eigenvalue weighted by Gasteiger charge is 2.19. The number of benzene rings is 1. The number of carbonyl (C=O) groups is 3. The molecule has 0 aliphatic carbocycles. The van der Waals surface area contributed by atoms with Gasteiger partial charge in [-0.3, -0.25) is 10.1 Å². The first-order chi connectivity index (χ1) is 13.5. The summed E-state index contributed by atoms with van der Waals surface area (Å²) >= 11 is 0. The molecule has 2 rings (SSSR count). The molecular weight excluding hydrogens is 364 g/mol. The molecule has 0 fully saturated rings. The van der Waals surface area contributed by atoms with Gasteiger partial charge in [0.15, 0.2) is 18.1 Å². The predicted molar refractivity (Wildman–Crippen MR) is 101 cm³/mol. The van der Waals surface area contributed by atoms with Gasteiger partial charge in [0, 0.05) is 6.54 Å². The maximum atomic E-state index is 12.5. The van der Waals surface area contributed by atoms with Crippen LogP contribution in [-0.2, 0) is 14.3 Å². The molecule has 2 N–H and O–H groups in total. The zero-order chi connectivity index (χ0) is 20.4. The Kier molecular flexibility index (Phi) is 7.82. The van der Waals surface area contributed by atoms with E-state index >= 15 is 0 Å². The van der Waals surface area contributed by atoms with Crippen LogP contribution in [0.5, 0.6) is 0 Å². The van der Waals surface area contributed by atoms with E-state index in [1.807, 2.05) is 25.1 Å². The molecule has 0 atom stereocenters. The summed E-state index contributed by atoms with van der Waals surface area (Å²) in [6, 6.07) is 8.41. The van der Waals surface area contributed by atoms with E-state index in [0.717, 1.165) is 18.4 Å². The van der Waals surface area contributed by atoms with Gasteiger partial charge in [-0.25, -0.2) is 9.59 Å². The van der Waals surface area contributed by atoms with Crippen molar-refractivity contribution in [3.63, 3.8) is 0 Å². The Balaban J connectivity index is 2.02. The maximum Gasteiger partial charge on any atom is 0.357 e. The number of ether oxygens (including phenoxy) is 1. The first kappa shape index (κ1) is 20.7. The molecule has 28 heavy (non-hydrogen) atoms. The third-order valence-corrected chi connectivity index (χ3v) is 3.57. The number of esters is 1. The molecule has 0 aliphatic heterocycles. The van der Waals surface area contributed by atoms with Gasteiger partial charge < -0.3 is 10.1 Å². The van der Waals surface area contributed by atoms with Crippen molar-refractivity contribution in [1.29, 1.82) is 0 Å². The zero-order valence-corrected chi connectivity index (χ0v) is 15.7. The highest BCUT2D eigenvalue weighted by Crippen LogP contribution is 2.13. The zero-order valence-electron chi connectivity index (χ0n) is 15.7. The van der Waals surface area contributed by atoms with Gasteiger partial charge in [0.1, 0.15) is 0 Å². The van der Waals surface area contributed by atoms with Gasteiger partial charge in [-0.2, -0.15) is 4.68 Å². The van der Waals surface area contributed by atoms with Crippen molar-refractivity contribution in [2.45, 2.75) is 26.7 Å². The molecule has 0 saturated heterocycles. The lowest BCUT2D eigenvalue weighted by molar-refractivity contribution is -0.142. The molecule has 148 valence electrons. The third kappa shape index (κ3) is 6.31. The Morgan fingerprint density at radius 2 is 1.96 bits per heavy atom. The molecule has 0 saturated carbocycles. The van der Waals surface area contributed by atoms with E-state index in [9.17, 15) is 14.4 Å². The number of tetrazole rings is 1. The molecule has 1 heterocycles. The first-order valence-corrected chi connectivity index (χ1v) is 8.78. The lowest BCUT2D eigenvalue weighted by Crippen LogP contribution is -2.41. The number of imide groups is 1. The van der Waals surface area contributed by atoms with Crippen LogP contribution in [0.15, 0.2) is 30.3 Å². The number of carbonyl (C=O) groups excluding carboxylic acids is 3. The molecule has 1 aromatic carbocycles. The van der Waals surface area contributed by atoms with E-state index in [-0.39, 0.29) is 5.70 Å². The summed E-state index contributed by atoms with van der Waals surface area (Å²) in [5.41, 5.74) is 0.762. The fourth-order valence-electron chi connectivity index (χ4n) is 2.16. The second-order valence-electron chi connectivity index (χ2n) is 5.81. The van der Waals surface area contributed by atoms with E-state index in [1.54, 1.807) is 25.1 Å². The summed E-state index contributed by atoms with van der Waals surface area (Å²) in [4.78, 5) is 35.9. The van der Waals surface area contributed by atoms with Crippen LogP contribution in [0.25, 0.3) is 11.8 Å². The monoisotopic (exact) mass is 386 g/mol. The molecule has 0 unspecified atom stereocenters. The normalized spacial score (nSPS) is 11.0. The molecule has 3 amide bonds. The van der Waals surface area contributed by atoms with Gasteiger partial charge >= 0.3 is 12.0 Å². The van der Waals surface area contributed by atoms with Crippen LogP contribution in [0.3, 0.4) is 0 Å². The van der Waals surface area contributed by atoms with Crippen molar-refractivity contribution < 1.29 is 19.1 Å². The molecule has 2 aromatic rings. The maximum absolute atomic E-state index is 12.5. The van der Waals surface area contributed by atoms with Crippen molar-refractivity contribution in [2.75, 3.05) is 13.2 Å². The highest BCUT2D eigenvalue weighted by molar-refractivity contribution is 6.15. The summed E-state index contributed by atoms with van der Waals surface area (Å²) in [5.74, 6) is -1.17. The van der Waals surface area contributed by atoms with Crippen molar-refractivity contribution in [3.8, 4) is 0 Å². The lowest BCUT2D eigenvalue weighted by atomic mass is 10.2. The average molecular weight is 386 g/mol. The SMILES string of the molecule is CCCCNC(=O)NC(=O)COC(=O)/C(=C/c1ccccc1)n1nnnc1C. The Bertz CT molecular complexity index is 847. The second-order valence-corrected chi connectivity index (χ2v) is 5.81. The second kappa shape index (κ2) is 10.6. The summed E-state index contributed by atoms with van der Waals surface area (Å²) in [7, 11) is 0. The van der Waals surface area contributed by atoms with Crippen LogP contribution >= 0.6 is 0 Å². The van der Waals surface area contributed by atoms with Crippen LogP contribution in [0.4, 0.5) is 4.79 Å². The van der Waals surface area contributed by atoms with Crippen molar-refractivity contribution in [1.82, 2.24) is 30.8 Å². The summed E-state index contributed by atoms with van der Waals surface area (Å²) in [6.45, 7) is 3.45. The minimum absolute atomic E-state index is 0.0360. The number of rotatable bonds is 8. The quantitative estimate of drug-likeness (QED) is 0.396. The Labute approximate surface area is 161 Å². The number of nitrogens with one attached hydrogen (secondary N) is 2. The van der Waals surface area contributed by atoms with Gasteiger partial charge in [-0.05, 0) is 35.4 Å². The number of nitrogens with zero attached hydrogens (tertiary/aromatic N) is 4. The number of urea groups is 1. The van der Waals surface area contributed by atoms with Crippen LogP contribution in [0, 0.1) is 6.92 Å². The largest absolute Gasteiger partial charge is 0.451 e. The fourth-order valence-corrected chi connectivity index (χ4v) is 2.16. The minimum atomic E-state index is -0.805. The Morgan fingerprint density at radius 3 is 2.61 bits per heavy atom. The Morgan fingerprint density at radius 1 is 1.21 bits per heavy atom. The van der Waals surface area contributed by atoms with Crippen LogP contribution in [0.1, 0.15) is 31.2 Å². The van der Waals surface area contributed by atoms with E-state index in [4.69, 9.17) is 4.74 Å². The van der Waals surface area contributed by atoms with Crippen molar-refractivity contribution in [3.05, 3.63) is 41.7 Å². The molecule has 10 heteroatoms. The van der Waals surface area contributed by atoms with Gasteiger partial charge in [-0.1, -0.05) is 43.7 Å². The van der Waals surface area contributed by atoms with Crippen molar-refractivity contribution in [2.24, 2.45) is 0 Å². The van der Waals surface area contributed by atoms with Crippen molar-refractivity contribution >= 4 is 29.7 Å².